The molecule has 1 aromatic rings. The highest BCUT2D eigenvalue weighted by molar-refractivity contribution is 7.85. The molecule has 0 aromatic heterocycles. The third-order valence-corrected chi connectivity index (χ3v) is 2.98. The van der Waals surface area contributed by atoms with Crippen LogP contribution in [0.5, 0.6) is 0 Å². The lowest BCUT2D eigenvalue weighted by Gasteiger charge is -2.04. The molecule has 0 unspecified atom stereocenters. The molecule has 0 radical (unpaired) electrons. The summed E-state index contributed by atoms with van der Waals surface area (Å²) in [5.74, 6) is -0.809. The van der Waals surface area contributed by atoms with Gasteiger partial charge in [0.2, 0.25) is 5.96 Å². The van der Waals surface area contributed by atoms with Gasteiger partial charge in [0.1, 0.15) is 5.75 Å². The van der Waals surface area contributed by atoms with E-state index in [0.717, 1.165) is 5.56 Å². The van der Waals surface area contributed by atoms with E-state index < -0.39 is 16.1 Å². The quantitative estimate of drug-likeness (QED) is 0.355. The molecule has 100 valence electrons. The van der Waals surface area contributed by atoms with E-state index in [9.17, 15) is 8.42 Å². The first-order valence-electron chi connectivity index (χ1n) is 5.12. The predicted octanol–water partition coefficient (Wildman–Crippen LogP) is -0.744. The number of benzene rings is 1. The van der Waals surface area contributed by atoms with Crippen LogP contribution in [-0.4, -0.2) is 26.1 Å². The molecular weight excluding hydrogens is 258 g/mol. The number of guanidine groups is 1. The maximum absolute atomic E-state index is 11.5. The van der Waals surface area contributed by atoms with Crippen molar-refractivity contribution in [1.29, 1.82) is 0 Å². The van der Waals surface area contributed by atoms with E-state index in [2.05, 4.69) is 9.44 Å². The number of aliphatic hydroxyl groups is 1. The Hall–Kier alpha value is -1.80. The van der Waals surface area contributed by atoms with E-state index in [1.54, 1.807) is 24.3 Å². The molecule has 0 aliphatic heterocycles. The van der Waals surface area contributed by atoms with Gasteiger partial charge in [-0.05, 0) is 22.7 Å². The van der Waals surface area contributed by atoms with Crippen molar-refractivity contribution in [3.8, 4) is 0 Å². The zero-order valence-electron chi connectivity index (χ0n) is 9.61. The largest absolute Gasteiger partial charge is 0.396 e. The van der Waals surface area contributed by atoms with Gasteiger partial charge in [-0.1, -0.05) is 24.3 Å². The van der Waals surface area contributed by atoms with Gasteiger partial charge in [0.15, 0.2) is 0 Å². The van der Waals surface area contributed by atoms with Gasteiger partial charge in [0.25, 0.3) is 0 Å². The Morgan fingerprint density at radius 3 is 2.61 bits per heavy atom. The second-order valence-electron chi connectivity index (χ2n) is 3.59. The van der Waals surface area contributed by atoms with Crippen LogP contribution >= 0.6 is 0 Å². The molecule has 0 saturated heterocycles. The topological polar surface area (TPSA) is 128 Å². The summed E-state index contributed by atoms with van der Waals surface area (Å²) in [6.07, 6.45) is 0.461. The van der Waals surface area contributed by atoms with Gasteiger partial charge in [-0.2, -0.15) is 8.42 Å². The molecule has 7 nitrogen and oxygen atoms in total. The molecule has 0 aliphatic rings. The number of nitrogens with two attached hydrogens (primary N) is 2. The first-order chi connectivity index (χ1) is 8.43. The van der Waals surface area contributed by atoms with Crippen LogP contribution in [0.2, 0.25) is 0 Å². The van der Waals surface area contributed by atoms with Crippen LogP contribution in [0, 0.1) is 0 Å². The summed E-state index contributed by atoms with van der Waals surface area (Å²) in [5, 5.41) is 11.8. The first kappa shape index (κ1) is 14.3. The third kappa shape index (κ3) is 5.02. The highest BCUT2D eigenvalue weighted by Crippen LogP contribution is 2.11. The van der Waals surface area contributed by atoms with Gasteiger partial charge >= 0.3 is 10.1 Å². The molecule has 0 fully saturated rings. The van der Waals surface area contributed by atoms with Crippen molar-refractivity contribution < 1.29 is 17.8 Å². The summed E-state index contributed by atoms with van der Waals surface area (Å²) in [6.45, 7) is 0.000698. The number of nitrogens with zero attached hydrogens (tertiary/aromatic N) is 1. The number of aliphatic hydroxyl groups excluding tert-OH is 1. The van der Waals surface area contributed by atoms with E-state index in [1.807, 2.05) is 0 Å². The van der Waals surface area contributed by atoms with Gasteiger partial charge < -0.3 is 16.6 Å². The van der Waals surface area contributed by atoms with Crippen LogP contribution in [0.15, 0.2) is 29.4 Å². The van der Waals surface area contributed by atoms with Gasteiger partial charge in [-0.25, -0.2) is 0 Å². The van der Waals surface area contributed by atoms with E-state index >= 15 is 0 Å². The maximum Gasteiger partial charge on any atom is 0.332 e. The van der Waals surface area contributed by atoms with Gasteiger partial charge in [0, 0.05) is 6.61 Å². The van der Waals surface area contributed by atoms with Crippen molar-refractivity contribution in [3.63, 3.8) is 0 Å². The zero-order valence-corrected chi connectivity index (χ0v) is 10.4. The summed E-state index contributed by atoms with van der Waals surface area (Å²) < 4.78 is 27.2. The number of oxime groups is 1. The van der Waals surface area contributed by atoms with Gasteiger partial charge in [0.05, 0.1) is 0 Å². The summed E-state index contributed by atoms with van der Waals surface area (Å²) in [6, 6.07) is 6.81. The standard InChI is InChI=1S/C10H15N3O4S/c11-10(12)13-17-18(15,16)7-9-3-1-2-8(6-9)4-5-14/h1-3,6,14H,4-5,7H2,(H4,11,12,13). The van der Waals surface area contributed by atoms with Crippen molar-refractivity contribution in [2.24, 2.45) is 16.6 Å². The summed E-state index contributed by atoms with van der Waals surface area (Å²) in [5.41, 5.74) is 11.3. The second-order valence-corrected chi connectivity index (χ2v) is 5.14. The molecule has 0 saturated carbocycles. The van der Waals surface area contributed by atoms with Crippen LogP contribution in [0.4, 0.5) is 0 Å². The number of hydrogen-bond acceptors (Lipinski definition) is 5. The minimum atomic E-state index is -3.87. The van der Waals surface area contributed by atoms with E-state index in [4.69, 9.17) is 16.6 Å². The van der Waals surface area contributed by atoms with Gasteiger partial charge in [-0.3, -0.25) is 4.28 Å². The minimum absolute atomic E-state index is 0.000698. The third-order valence-electron chi connectivity index (χ3n) is 1.99. The smallest absolute Gasteiger partial charge is 0.332 e. The molecule has 0 heterocycles. The Bertz CT molecular complexity index is 524. The van der Waals surface area contributed by atoms with E-state index in [-0.39, 0.29) is 12.4 Å². The second kappa shape index (κ2) is 6.22. The molecule has 0 amide bonds. The first-order valence-corrected chi connectivity index (χ1v) is 6.69. The van der Waals surface area contributed by atoms with Crippen molar-refractivity contribution >= 4 is 16.1 Å². The zero-order chi connectivity index (χ0) is 13.6. The lowest BCUT2D eigenvalue weighted by molar-refractivity contribution is 0.299. The maximum atomic E-state index is 11.5. The molecule has 0 atom stereocenters. The molecular formula is C10H15N3O4S. The van der Waals surface area contributed by atoms with E-state index in [0.29, 0.717) is 12.0 Å². The highest BCUT2D eigenvalue weighted by atomic mass is 32.2. The van der Waals surface area contributed by atoms with Crippen LogP contribution < -0.4 is 11.5 Å². The Morgan fingerprint density at radius 2 is 2.00 bits per heavy atom. The van der Waals surface area contributed by atoms with Crippen LogP contribution in [0.3, 0.4) is 0 Å². The van der Waals surface area contributed by atoms with E-state index in [1.165, 1.54) is 0 Å². The Balaban J connectivity index is 2.77. The van der Waals surface area contributed by atoms with Crippen molar-refractivity contribution in [3.05, 3.63) is 35.4 Å². The molecule has 1 rings (SSSR count). The monoisotopic (exact) mass is 273 g/mol. The highest BCUT2D eigenvalue weighted by Gasteiger charge is 2.13. The Morgan fingerprint density at radius 1 is 1.33 bits per heavy atom. The fraction of sp³-hybridized carbons (Fsp3) is 0.300. The molecule has 0 spiro atoms. The molecule has 0 aliphatic carbocycles. The summed E-state index contributed by atoms with van der Waals surface area (Å²) in [4.78, 5) is 0. The molecule has 1 aromatic carbocycles. The molecule has 18 heavy (non-hydrogen) atoms. The molecule has 8 heteroatoms. The van der Waals surface area contributed by atoms with Crippen molar-refractivity contribution in [1.82, 2.24) is 0 Å². The predicted molar refractivity (Wildman–Crippen MR) is 66.8 cm³/mol. The molecule has 0 bridgehead atoms. The fourth-order valence-electron chi connectivity index (χ4n) is 1.33. The Labute approximate surface area is 105 Å². The summed E-state index contributed by atoms with van der Waals surface area (Å²) >= 11 is 0. The number of hydrogen-bond donors (Lipinski definition) is 3. The molecule has 5 N–H and O–H groups in total. The lowest BCUT2D eigenvalue weighted by atomic mass is 10.1. The lowest BCUT2D eigenvalue weighted by Crippen LogP contribution is -2.23. The average Bonchev–Trinajstić information content (AvgIpc) is 2.27. The summed E-state index contributed by atoms with van der Waals surface area (Å²) in [7, 11) is -3.87. The van der Waals surface area contributed by atoms with Crippen molar-refractivity contribution in [2.75, 3.05) is 6.61 Å². The normalized spacial score (nSPS) is 10.9. The SMILES string of the molecule is NC(N)=NOS(=O)(=O)Cc1cccc(CCO)c1. The fourth-order valence-corrected chi connectivity index (χ4v) is 2.17. The van der Waals surface area contributed by atoms with Crippen LogP contribution in [0.1, 0.15) is 11.1 Å². The Kier molecular flexibility index (Phi) is 4.93. The van der Waals surface area contributed by atoms with Crippen LogP contribution in [-0.2, 0) is 26.6 Å². The van der Waals surface area contributed by atoms with Crippen LogP contribution in [0.25, 0.3) is 0 Å². The van der Waals surface area contributed by atoms with Gasteiger partial charge in [-0.15, -0.1) is 0 Å². The average molecular weight is 273 g/mol. The number of rotatable bonds is 6. The van der Waals surface area contributed by atoms with Crippen molar-refractivity contribution in [2.45, 2.75) is 12.2 Å². The minimum Gasteiger partial charge on any atom is -0.396 e.